The summed E-state index contributed by atoms with van der Waals surface area (Å²) in [4.78, 5) is 10.7. The van der Waals surface area contributed by atoms with Crippen LogP contribution >= 0.6 is 0 Å². The molecule has 0 amide bonds. The first-order valence-corrected chi connectivity index (χ1v) is 6.78. The molecule has 1 aromatic rings. The van der Waals surface area contributed by atoms with Crippen LogP contribution in [0.5, 0.6) is 0 Å². The van der Waals surface area contributed by atoms with E-state index < -0.39 is 16.0 Å². The smallest absolute Gasteiger partial charge is 0.335 e. The minimum Gasteiger partial charge on any atom is -0.478 e. The highest BCUT2D eigenvalue weighted by molar-refractivity contribution is 7.89. The molecule has 0 aliphatic carbocycles. The van der Waals surface area contributed by atoms with E-state index in [1.807, 2.05) is 6.92 Å². The molecular formula is C11H15NO4S. The van der Waals surface area contributed by atoms with Crippen LogP contribution in [-0.2, 0) is 10.0 Å². The third-order valence-corrected chi connectivity index (χ3v) is 3.67. The molecular weight excluding hydrogens is 242 g/mol. The Bertz CT molecular complexity index is 496. The Morgan fingerprint density at radius 2 is 2.12 bits per heavy atom. The molecule has 2 N–H and O–H groups in total. The summed E-state index contributed by atoms with van der Waals surface area (Å²) >= 11 is 0. The highest BCUT2D eigenvalue weighted by atomic mass is 32.2. The molecule has 0 spiro atoms. The fourth-order valence-corrected chi connectivity index (χ4v) is 2.38. The molecule has 94 valence electrons. The van der Waals surface area contributed by atoms with Gasteiger partial charge in [-0.15, -0.1) is 0 Å². The summed E-state index contributed by atoms with van der Waals surface area (Å²) in [6.45, 7) is 2.31. The van der Waals surface area contributed by atoms with Crippen molar-refractivity contribution in [2.75, 3.05) is 6.54 Å². The van der Waals surface area contributed by atoms with Gasteiger partial charge in [-0.25, -0.2) is 17.9 Å². The van der Waals surface area contributed by atoms with Crippen LogP contribution in [-0.4, -0.2) is 26.0 Å². The summed E-state index contributed by atoms with van der Waals surface area (Å²) in [5, 5.41) is 8.77. The Morgan fingerprint density at radius 1 is 1.41 bits per heavy atom. The van der Waals surface area contributed by atoms with Crippen molar-refractivity contribution in [2.45, 2.75) is 24.7 Å². The highest BCUT2D eigenvalue weighted by Gasteiger charge is 2.14. The largest absolute Gasteiger partial charge is 0.478 e. The van der Waals surface area contributed by atoms with E-state index >= 15 is 0 Å². The van der Waals surface area contributed by atoms with Crippen LogP contribution in [0.1, 0.15) is 30.1 Å². The van der Waals surface area contributed by atoms with Crippen LogP contribution in [0.2, 0.25) is 0 Å². The summed E-state index contributed by atoms with van der Waals surface area (Å²) in [7, 11) is -3.60. The van der Waals surface area contributed by atoms with Crippen molar-refractivity contribution in [3.8, 4) is 0 Å². The molecule has 1 rings (SSSR count). The zero-order valence-corrected chi connectivity index (χ0v) is 10.3. The number of rotatable bonds is 6. The first-order valence-electron chi connectivity index (χ1n) is 5.30. The van der Waals surface area contributed by atoms with E-state index in [1.54, 1.807) is 0 Å². The predicted octanol–water partition coefficient (Wildman–Crippen LogP) is 1.46. The molecule has 0 atom stereocenters. The third-order valence-electron chi connectivity index (χ3n) is 2.21. The van der Waals surface area contributed by atoms with Gasteiger partial charge in [-0.3, -0.25) is 0 Å². The first kappa shape index (κ1) is 13.7. The van der Waals surface area contributed by atoms with Crippen LogP contribution in [0, 0.1) is 0 Å². The normalized spacial score (nSPS) is 11.4. The van der Waals surface area contributed by atoms with Gasteiger partial charge in [0.25, 0.3) is 0 Å². The van der Waals surface area contributed by atoms with Crippen molar-refractivity contribution < 1.29 is 18.3 Å². The van der Waals surface area contributed by atoms with E-state index in [0.29, 0.717) is 6.54 Å². The van der Waals surface area contributed by atoms with Gasteiger partial charge in [0.05, 0.1) is 10.5 Å². The summed E-state index contributed by atoms with van der Waals surface area (Å²) in [6.07, 6.45) is 1.63. The monoisotopic (exact) mass is 257 g/mol. The Hall–Kier alpha value is -1.40. The van der Waals surface area contributed by atoms with Gasteiger partial charge in [0.2, 0.25) is 10.0 Å². The van der Waals surface area contributed by atoms with Crippen molar-refractivity contribution in [1.29, 1.82) is 0 Å². The molecule has 0 saturated carbocycles. The maximum absolute atomic E-state index is 11.8. The van der Waals surface area contributed by atoms with Gasteiger partial charge in [0.15, 0.2) is 0 Å². The number of carboxylic acids is 1. The number of carbonyl (C=O) groups is 1. The lowest BCUT2D eigenvalue weighted by Crippen LogP contribution is -2.24. The maximum Gasteiger partial charge on any atom is 0.335 e. The molecule has 0 aliphatic heterocycles. The number of unbranched alkanes of at least 4 members (excludes halogenated alkanes) is 1. The molecule has 17 heavy (non-hydrogen) atoms. The average Bonchev–Trinajstić information content (AvgIpc) is 2.29. The van der Waals surface area contributed by atoms with E-state index in [-0.39, 0.29) is 10.5 Å². The lowest BCUT2D eigenvalue weighted by atomic mass is 10.2. The minimum absolute atomic E-state index is 0.0199. The van der Waals surface area contributed by atoms with E-state index in [4.69, 9.17) is 5.11 Å². The Morgan fingerprint density at radius 3 is 2.71 bits per heavy atom. The van der Waals surface area contributed by atoms with Gasteiger partial charge in [0, 0.05) is 6.54 Å². The van der Waals surface area contributed by atoms with E-state index in [1.165, 1.54) is 18.2 Å². The molecule has 0 aliphatic rings. The highest BCUT2D eigenvalue weighted by Crippen LogP contribution is 2.11. The lowest BCUT2D eigenvalue weighted by molar-refractivity contribution is 0.0696. The Balaban J connectivity index is 2.91. The Kier molecular flexibility index (Phi) is 4.65. The average molecular weight is 257 g/mol. The summed E-state index contributed by atoms with van der Waals surface area (Å²) in [6, 6.07) is 5.29. The number of hydrogen-bond acceptors (Lipinski definition) is 3. The third kappa shape index (κ3) is 3.83. The Labute approximate surface area is 101 Å². The number of benzene rings is 1. The fourth-order valence-electron chi connectivity index (χ4n) is 1.26. The molecule has 0 bridgehead atoms. The molecule has 0 radical (unpaired) electrons. The standard InChI is InChI=1S/C11H15NO4S/c1-2-3-7-12-17(15,16)10-6-4-5-9(8-10)11(13)14/h4-6,8,12H,2-3,7H2,1H3,(H,13,14). The van der Waals surface area contributed by atoms with Crippen molar-refractivity contribution in [3.63, 3.8) is 0 Å². The molecule has 5 nitrogen and oxygen atoms in total. The topological polar surface area (TPSA) is 83.5 Å². The number of hydrogen-bond donors (Lipinski definition) is 2. The van der Waals surface area contributed by atoms with Crippen LogP contribution in [0.15, 0.2) is 29.2 Å². The van der Waals surface area contributed by atoms with Crippen molar-refractivity contribution in [3.05, 3.63) is 29.8 Å². The SMILES string of the molecule is CCCCNS(=O)(=O)c1cccc(C(=O)O)c1. The van der Waals surface area contributed by atoms with Crippen molar-refractivity contribution in [1.82, 2.24) is 4.72 Å². The quantitative estimate of drug-likeness (QED) is 0.756. The predicted molar refractivity (Wildman–Crippen MR) is 63.5 cm³/mol. The lowest BCUT2D eigenvalue weighted by Gasteiger charge is -2.06. The van der Waals surface area contributed by atoms with Crippen LogP contribution in [0.3, 0.4) is 0 Å². The van der Waals surface area contributed by atoms with Gasteiger partial charge >= 0.3 is 5.97 Å². The van der Waals surface area contributed by atoms with Crippen molar-refractivity contribution >= 4 is 16.0 Å². The molecule has 0 fully saturated rings. The number of aromatic carboxylic acids is 1. The first-order chi connectivity index (χ1) is 7.97. The summed E-state index contributed by atoms with van der Waals surface area (Å²) < 4.78 is 26.0. The van der Waals surface area contributed by atoms with Crippen molar-refractivity contribution in [2.24, 2.45) is 0 Å². The van der Waals surface area contributed by atoms with Gasteiger partial charge in [-0.2, -0.15) is 0 Å². The second-order valence-electron chi connectivity index (χ2n) is 3.58. The van der Waals surface area contributed by atoms with Gasteiger partial charge in [-0.1, -0.05) is 19.4 Å². The zero-order chi connectivity index (χ0) is 12.9. The van der Waals surface area contributed by atoms with Crippen LogP contribution in [0.4, 0.5) is 0 Å². The molecule has 0 aromatic heterocycles. The van der Waals surface area contributed by atoms with E-state index in [9.17, 15) is 13.2 Å². The van der Waals surface area contributed by atoms with Gasteiger partial charge in [0.1, 0.15) is 0 Å². The number of nitrogens with one attached hydrogen (secondary N) is 1. The minimum atomic E-state index is -3.60. The van der Waals surface area contributed by atoms with E-state index in [0.717, 1.165) is 18.9 Å². The van der Waals surface area contributed by atoms with E-state index in [2.05, 4.69) is 4.72 Å². The number of sulfonamides is 1. The summed E-state index contributed by atoms with van der Waals surface area (Å²) in [5.41, 5.74) is -0.0385. The van der Waals surface area contributed by atoms with Crippen LogP contribution < -0.4 is 4.72 Å². The maximum atomic E-state index is 11.8. The fraction of sp³-hybridized carbons (Fsp3) is 0.364. The second-order valence-corrected chi connectivity index (χ2v) is 5.35. The zero-order valence-electron chi connectivity index (χ0n) is 9.51. The molecule has 0 saturated heterocycles. The molecule has 1 aromatic carbocycles. The van der Waals surface area contributed by atoms with Gasteiger partial charge < -0.3 is 5.11 Å². The van der Waals surface area contributed by atoms with Crippen LogP contribution in [0.25, 0.3) is 0 Å². The number of carboxylic acid groups (broad SMARTS) is 1. The van der Waals surface area contributed by atoms with Gasteiger partial charge in [-0.05, 0) is 24.6 Å². The molecule has 0 heterocycles. The second kappa shape index (κ2) is 5.79. The summed E-state index contributed by atoms with van der Waals surface area (Å²) in [5.74, 6) is -1.14. The molecule has 6 heteroatoms. The molecule has 0 unspecified atom stereocenters.